The molecule has 0 N–H and O–H groups in total. The van der Waals surface area contributed by atoms with Gasteiger partial charge < -0.3 is 28.4 Å². The molecule has 52 heavy (non-hydrogen) atoms. The van der Waals surface area contributed by atoms with Gasteiger partial charge in [0.1, 0.15) is 6.61 Å². The van der Waals surface area contributed by atoms with Crippen LogP contribution < -0.4 is 0 Å². The molecule has 4 aliphatic heterocycles. The van der Waals surface area contributed by atoms with Gasteiger partial charge in [0.2, 0.25) is 0 Å². The molecule has 0 aliphatic carbocycles. The first-order valence-electron chi connectivity index (χ1n) is 21.1. The Labute approximate surface area is 317 Å². The topological polar surface area (TPSA) is 102 Å². The van der Waals surface area contributed by atoms with Crippen LogP contribution in [0.3, 0.4) is 0 Å². The van der Waals surface area contributed by atoms with Crippen LogP contribution in [0.2, 0.25) is 0 Å². The molecule has 10 nitrogen and oxygen atoms in total. The summed E-state index contributed by atoms with van der Waals surface area (Å²) in [5.41, 5.74) is -2.30. The van der Waals surface area contributed by atoms with Crippen LogP contribution in [0.4, 0.5) is 0 Å². The third-order valence-corrected chi connectivity index (χ3v) is 15.5. The molecule has 2 spiro atoms. The molecule has 4 rings (SSSR count). The molecule has 4 fully saturated rings. The number of hydrogen-bond donors (Lipinski definition) is 0. The normalized spacial score (nSPS) is 44.9. The van der Waals surface area contributed by atoms with Crippen molar-refractivity contribution in [3.05, 3.63) is 0 Å². The Morgan fingerprint density at radius 1 is 0.558 bits per heavy atom. The third-order valence-electron chi connectivity index (χ3n) is 15.5. The van der Waals surface area contributed by atoms with E-state index in [1.807, 2.05) is 0 Å². The van der Waals surface area contributed by atoms with Crippen LogP contribution in [0.25, 0.3) is 0 Å². The highest BCUT2D eigenvalue weighted by molar-refractivity contribution is 5.11. The minimum absolute atomic E-state index is 0.0447. The highest BCUT2D eigenvalue weighted by Gasteiger charge is 2.64. The molecule has 4 aliphatic rings. The first-order valence-corrected chi connectivity index (χ1v) is 21.1. The largest absolute Gasteiger partial charge is 0.381 e. The maximum atomic E-state index is 13.5. The van der Waals surface area contributed by atoms with Gasteiger partial charge in [-0.2, -0.15) is 0 Å². The van der Waals surface area contributed by atoms with E-state index in [9.17, 15) is 10.4 Å². The number of hydrogen-bond acceptors (Lipinski definition) is 8. The summed E-state index contributed by atoms with van der Waals surface area (Å²) in [6.07, 6.45) is 10.3. The Morgan fingerprint density at radius 2 is 1.04 bits per heavy atom. The average Bonchev–Trinajstić information content (AvgIpc) is 3.17. The number of hydroxylamine groups is 4. The third kappa shape index (κ3) is 8.05. The maximum Gasteiger partial charge on any atom is 0.191 e. The molecule has 2 radical (unpaired) electrons. The predicted molar refractivity (Wildman–Crippen MR) is 202 cm³/mol. The first kappa shape index (κ1) is 44.3. The quantitative estimate of drug-likeness (QED) is 0.136. The van der Waals surface area contributed by atoms with Crippen LogP contribution in [-0.2, 0) is 38.8 Å². The molecule has 0 aromatic carbocycles. The van der Waals surface area contributed by atoms with Crippen molar-refractivity contribution in [1.29, 1.82) is 0 Å². The lowest BCUT2D eigenvalue weighted by Crippen LogP contribution is -2.73. The van der Waals surface area contributed by atoms with Crippen LogP contribution in [0.5, 0.6) is 0 Å². The summed E-state index contributed by atoms with van der Waals surface area (Å²) in [7, 11) is 0. The highest BCUT2D eigenvalue weighted by Crippen LogP contribution is 2.56. The second kappa shape index (κ2) is 17.0. The average molecular weight is 739 g/mol. The van der Waals surface area contributed by atoms with Crippen molar-refractivity contribution in [1.82, 2.24) is 10.1 Å². The zero-order chi connectivity index (χ0) is 38.7. The fraction of sp³-hybridized carbons (Fsp3) is 1.00. The maximum absolute atomic E-state index is 13.5. The fourth-order valence-electron chi connectivity index (χ4n) is 9.92. The van der Waals surface area contributed by atoms with Crippen molar-refractivity contribution in [2.24, 2.45) is 22.7 Å². The Bertz CT molecular complexity index is 1040. The Balaban J connectivity index is 1.15. The molecule has 0 aromatic heterocycles. The lowest BCUT2D eigenvalue weighted by Gasteiger charge is -2.63. The second-order valence-electron chi connectivity index (χ2n) is 18.5. The summed E-state index contributed by atoms with van der Waals surface area (Å²) in [6.45, 7) is 30.2. The van der Waals surface area contributed by atoms with Crippen molar-refractivity contribution in [3.8, 4) is 0 Å². The van der Waals surface area contributed by atoms with E-state index in [1.165, 1.54) is 10.1 Å². The molecule has 0 amide bonds. The van der Waals surface area contributed by atoms with Gasteiger partial charge in [-0.15, -0.1) is 20.5 Å². The molecule has 0 aromatic rings. The smallest absolute Gasteiger partial charge is 0.191 e. The van der Waals surface area contributed by atoms with E-state index in [4.69, 9.17) is 28.4 Å². The van der Waals surface area contributed by atoms with Crippen LogP contribution in [0.15, 0.2) is 0 Å². The van der Waals surface area contributed by atoms with E-state index in [0.29, 0.717) is 52.7 Å². The summed E-state index contributed by atoms with van der Waals surface area (Å²) < 4.78 is 39.0. The molecule has 0 bridgehead atoms. The minimum Gasteiger partial charge on any atom is -0.381 e. The van der Waals surface area contributed by atoms with Gasteiger partial charge in [-0.1, -0.05) is 68.2 Å². The van der Waals surface area contributed by atoms with Gasteiger partial charge in [-0.3, -0.25) is 0 Å². The van der Waals surface area contributed by atoms with E-state index in [0.717, 1.165) is 77.2 Å². The fourth-order valence-corrected chi connectivity index (χ4v) is 9.92. The van der Waals surface area contributed by atoms with Crippen LogP contribution >= 0.6 is 0 Å². The zero-order valence-corrected chi connectivity index (χ0v) is 35.5. The van der Waals surface area contributed by atoms with Crippen molar-refractivity contribution in [3.63, 3.8) is 0 Å². The standard InChI is InChI=1S/C42H78N2O8/c1-13-35(9)25-40(33(7)37(11,15-3)43(35)45)30-49-41(18-6,50-31-40)32-48-24-22-20-19-21-23-47-27-39(17-5)28-51-42(52-29-39)26-36(10,14-2)44(46)38(12,16-4)34(42)8/h33-34H,13-32H2,1-12H3. The predicted octanol–water partition coefficient (Wildman–Crippen LogP) is 8.91. The minimum atomic E-state index is -0.742. The van der Waals surface area contributed by atoms with E-state index in [-0.39, 0.29) is 22.7 Å². The SMILES string of the molecule is CCC1(COCCCCCCOCC2(CC)OCC3(CO2)CC(C)(CC)N([O])C(C)(CC)C3C)COC2(CC(C)(CC)N([O])C(C)(CC)C2C)OC1. The molecule has 304 valence electrons. The van der Waals surface area contributed by atoms with Gasteiger partial charge in [-0.05, 0) is 85.0 Å². The van der Waals surface area contributed by atoms with Crippen molar-refractivity contribution in [2.45, 2.75) is 194 Å². The van der Waals surface area contributed by atoms with Gasteiger partial charge in [-0.25, -0.2) is 0 Å². The molecule has 0 saturated carbocycles. The highest BCUT2D eigenvalue weighted by atomic mass is 16.7. The Morgan fingerprint density at radius 3 is 1.50 bits per heavy atom. The summed E-state index contributed by atoms with van der Waals surface area (Å²) in [6, 6.07) is 0. The molecule has 10 heteroatoms. The zero-order valence-electron chi connectivity index (χ0n) is 35.5. The van der Waals surface area contributed by atoms with Gasteiger partial charge in [0, 0.05) is 48.3 Å². The Kier molecular flexibility index (Phi) is 14.5. The summed E-state index contributed by atoms with van der Waals surface area (Å²) in [5, 5.41) is 29.8. The summed E-state index contributed by atoms with van der Waals surface area (Å²) in [4.78, 5) is 0. The number of nitrogens with zero attached hydrogens (tertiary/aromatic N) is 2. The van der Waals surface area contributed by atoms with E-state index >= 15 is 0 Å². The van der Waals surface area contributed by atoms with Gasteiger partial charge in [0.25, 0.3) is 0 Å². The van der Waals surface area contributed by atoms with Crippen molar-refractivity contribution < 1.29 is 38.8 Å². The van der Waals surface area contributed by atoms with Crippen LogP contribution in [0, 0.1) is 22.7 Å². The Hall–Kier alpha value is -0.400. The van der Waals surface area contributed by atoms with Crippen molar-refractivity contribution >= 4 is 0 Å². The van der Waals surface area contributed by atoms with Gasteiger partial charge in [0.05, 0.1) is 49.7 Å². The first-order chi connectivity index (χ1) is 24.4. The van der Waals surface area contributed by atoms with Crippen LogP contribution in [0.1, 0.15) is 160 Å². The lowest BCUT2D eigenvalue weighted by atomic mass is 9.57. The monoisotopic (exact) mass is 739 g/mol. The lowest BCUT2D eigenvalue weighted by molar-refractivity contribution is -0.415. The van der Waals surface area contributed by atoms with Gasteiger partial charge >= 0.3 is 0 Å². The number of rotatable bonds is 17. The van der Waals surface area contributed by atoms with E-state index in [2.05, 4.69) is 83.1 Å². The van der Waals surface area contributed by atoms with E-state index < -0.39 is 33.7 Å². The number of ether oxygens (including phenoxy) is 6. The van der Waals surface area contributed by atoms with Crippen molar-refractivity contribution in [2.75, 3.05) is 52.9 Å². The van der Waals surface area contributed by atoms with Gasteiger partial charge in [0.15, 0.2) is 11.6 Å². The molecule has 6 atom stereocenters. The summed E-state index contributed by atoms with van der Waals surface area (Å²) in [5.74, 6) is -1.36. The number of piperidine rings is 2. The molecule has 6 unspecified atom stereocenters. The molecular formula is C42H78N2O8. The molecule has 4 saturated heterocycles. The van der Waals surface area contributed by atoms with E-state index in [1.54, 1.807) is 0 Å². The molecule has 4 heterocycles. The summed E-state index contributed by atoms with van der Waals surface area (Å²) >= 11 is 0. The molecular weight excluding hydrogens is 660 g/mol. The van der Waals surface area contributed by atoms with Crippen LogP contribution in [-0.4, -0.2) is 96.7 Å². The second-order valence-corrected chi connectivity index (χ2v) is 18.5. The number of unbranched alkanes of at least 4 members (excludes halogenated alkanes) is 3.